The first kappa shape index (κ1) is 16.0. The summed E-state index contributed by atoms with van der Waals surface area (Å²) in [5, 5.41) is 0. The van der Waals surface area contributed by atoms with Crippen LogP contribution in [0.15, 0.2) is 27.1 Å². The smallest absolute Gasteiger partial charge is 0.134 e. The quantitative estimate of drug-likeness (QED) is 0.820. The third kappa shape index (κ3) is 4.25. The maximum Gasteiger partial charge on any atom is 0.134 e. The summed E-state index contributed by atoms with van der Waals surface area (Å²) in [5.74, 6) is 0.835. The van der Waals surface area contributed by atoms with E-state index in [1.54, 1.807) is 0 Å². The van der Waals surface area contributed by atoms with Crippen LogP contribution in [0.3, 0.4) is 0 Å². The maximum absolute atomic E-state index is 6.18. The second kappa shape index (κ2) is 6.40. The van der Waals surface area contributed by atoms with Crippen LogP contribution in [-0.4, -0.2) is 12.1 Å². The summed E-state index contributed by atoms with van der Waals surface area (Å²) >= 11 is 6.95. The van der Waals surface area contributed by atoms with Gasteiger partial charge in [-0.25, -0.2) is 0 Å². The van der Waals surface area contributed by atoms with Gasteiger partial charge >= 0.3 is 0 Å². The highest BCUT2D eigenvalue weighted by atomic mass is 79.9. The average molecular weight is 379 g/mol. The summed E-state index contributed by atoms with van der Waals surface area (Å²) in [6, 6.07) is 5.93. The predicted octanol–water partition coefficient (Wildman–Crippen LogP) is 4.74. The normalized spacial score (nSPS) is 15.3. The van der Waals surface area contributed by atoms with Crippen molar-refractivity contribution in [2.24, 2.45) is 11.1 Å². The van der Waals surface area contributed by atoms with Gasteiger partial charge in [-0.2, -0.15) is 0 Å². The molecule has 0 amide bonds. The molecule has 0 saturated carbocycles. The molecule has 0 aliphatic carbocycles. The molecule has 0 aliphatic heterocycles. The van der Waals surface area contributed by atoms with Crippen molar-refractivity contribution < 1.29 is 4.74 Å². The maximum atomic E-state index is 6.18. The van der Waals surface area contributed by atoms with E-state index in [2.05, 4.69) is 59.6 Å². The van der Waals surface area contributed by atoms with Gasteiger partial charge in [0.2, 0.25) is 0 Å². The number of benzene rings is 1. The molecule has 0 spiro atoms. The van der Waals surface area contributed by atoms with Crippen molar-refractivity contribution in [1.29, 1.82) is 0 Å². The van der Waals surface area contributed by atoms with Crippen LogP contribution in [0.5, 0.6) is 5.75 Å². The molecular formula is C14H21Br2NO. The largest absolute Gasteiger partial charge is 0.487 e. The lowest BCUT2D eigenvalue weighted by Crippen LogP contribution is -2.47. The second-order valence-corrected chi connectivity index (χ2v) is 7.32. The monoisotopic (exact) mass is 377 g/mol. The molecule has 1 aromatic carbocycles. The molecule has 1 aromatic rings. The second-order valence-electron chi connectivity index (χ2n) is 5.55. The van der Waals surface area contributed by atoms with Gasteiger partial charge in [-0.05, 0) is 40.5 Å². The van der Waals surface area contributed by atoms with Crippen molar-refractivity contribution in [3.63, 3.8) is 0 Å². The Bertz CT molecular complexity index is 401. The van der Waals surface area contributed by atoms with Gasteiger partial charge in [0, 0.05) is 15.9 Å². The fraction of sp³-hybridized carbons (Fsp3) is 0.571. The molecule has 2 nitrogen and oxygen atoms in total. The molecule has 4 heteroatoms. The summed E-state index contributed by atoms with van der Waals surface area (Å²) in [7, 11) is 0. The summed E-state index contributed by atoms with van der Waals surface area (Å²) in [6.45, 7) is 8.54. The third-order valence-electron chi connectivity index (χ3n) is 2.86. The number of halogens is 2. The van der Waals surface area contributed by atoms with Gasteiger partial charge in [0.15, 0.2) is 0 Å². The molecule has 2 N–H and O–H groups in total. The predicted molar refractivity (Wildman–Crippen MR) is 84.0 cm³/mol. The van der Waals surface area contributed by atoms with Crippen LogP contribution < -0.4 is 10.5 Å². The Morgan fingerprint density at radius 2 is 1.89 bits per heavy atom. The van der Waals surface area contributed by atoms with Gasteiger partial charge in [0.1, 0.15) is 11.9 Å². The van der Waals surface area contributed by atoms with Crippen LogP contribution in [-0.2, 0) is 0 Å². The first-order valence-corrected chi connectivity index (χ1v) is 7.71. The first-order chi connectivity index (χ1) is 8.25. The van der Waals surface area contributed by atoms with Gasteiger partial charge in [-0.15, -0.1) is 0 Å². The Kier molecular flexibility index (Phi) is 5.68. The van der Waals surface area contributed by atoms with E-state index in [9.17, 15) is 0 Å². The summed E-state index contributed by atoms with van der Waals surface area (Å²) in [5.41, 5.74) is 6.18. The van der Waals surface area contributed by atoms with Crippen molar-refractivity contribution in [3.8, 4) is 5.75 Å². The molecule has 0 aromatic heterocycles. The Labute approximate surface area is 127 Å². The van der Waals surface area contributed by atoms with Crippen LogP contribution in [0.2, 0.25) is 0 Å². The first-order valence-electron chi connectivity index (χ1n) is 6.13. The van der Waals surface area contributed by atoms with Gasteiger partial charge in [-0.3, -0.25) is 0 Å². The lowest BCUT2D eigenvalue weighted by Gasteiger charge is -2.35. The minimum atomic E-state index is -0.0139. The molecule has 2 unspecified atom stereocenters. The molecule has 102 valence electrons. The Morgan fingerprint density at radius 1 is 1.28 bits per heavy atom. The van der Waals surface area contributed by atoms with Crippen molar-refractivity contribution in [1.82, 2.24) is 0 Å². The van der Waals surface area contributed by atoms with Gasteiger partial charge in [-0.1, -0.05) is 43.6 Å². The molecular weight excluding hydrogens is 358 g/mol. The lowest BCUT2D eigenvalue weighted by atomic mass is 9.84. The van der Waals surface area contributed by atoms with E-state index in [1.807, 2.05) is 18.2 Å². The standard InChI is InChI=1S/C14H21Br2NO/c1-5-11(17)13(14(2,3)4)18-12-7-6-9(15)8-10(12)16/h6-8,11,13H,5,17H2,1-4H3. The fourth-order valence-corrected chi connectivity index (χ4v) is 2.97. The zero-order valence-electron chi connectivity index (χ0n) is 11.3. The van der Waals surface area contributed by atoms with Crippen LogP contribution in [0.4, 0.5) is 0 Å². The van der Waals surface area contributed by atoms with Crippen LogP contribution in [0.1, 0.15) is 34.1 Å². The van der Waals surface area contributed by atoms with E-state index < -0.39 is 0 Å². The van der Waals surface area contributed by atoms with Crippen molar-refractivity contribution >= 4 is 31.9 Å². The number of nitrogens with two attached hydrogens (primary N) is 1. The Morgan fingerprint density at radius 3 is 2.33 bits per heavy atom. The lowest BCUT2D eigenvalue weighted by molar-refractivity contribution is 0.0615. The van der Waals surface area contributed by atoms with Gasteiger partial charge < -0.3 is 10.5 Å². The zero-order valence-corrected chi connectivity index (χ0v) is 14.5. The summed E-state index contributed by atoms with van der Waals surface area (Å²) in [4.78, 5) is 0. The van der Waals surface area contributed by atoms with Crippen molar-refractivity contribution in [2.75, 3.05) is 0 Å². The zero-order chi connectivity index (χ0) is 13.9. The summed E-state index contributed by atoms with van der Waals surface area (Å²) < 4.78 is 8.09. The SMILES string of the molecule is CCC(N)C(Oc1ccc(Br)cc1Br)C(C)(C)C. The highest BCUT2D eigenvalue weighted by molar-refractivity contribution is 9.11. The Hall–Kier alpha value is -0.0600. The molecule has 18 heavy (non-hydrogen) atoms. The molecule has 0 bridgehead atoms. The topological polar surface area (TPSA) is 35.2 Å². The van der Waals surface area contributed by atoms with E-state index in [0.717, 1.165) is 21.1 Å². The van der Waals surface area contributed by atoms with Crippen LogP contribution in [0.25, 0.3) is 0 Å². The van der Waals surface area contributed by atoms with Gasteiger partial charge in [0.25, 0.3) is 0 Å². The van der Waals surface area contributed by atoms with E-state index in [0.29, 0.717) is 0 Å². The summed E-state index contributed by atoms with van der Waals surface area (Å²) in [6.07, 6.45) is 0.885. The minimum Gasteiger partial charge on any atom is -0.487 e. The van der Waals surface area contributed by atoms with Crippen LogP contribution in [0, 0.1) is 5.41 Å². The van der Waals surface area contributed by atoms with E-state index in [4.69, 9.17) is 10.5 Å². The number of rotatable bonds is 4. The molecule has 2 atom stereocenters. The van der Waals surface area contributed by atoms with Crippen LogP contribution >= 0.6 is 31.9 Å². The highest BCUT2D eigenvalue weighted by Crippen LogP contribution is 2.33. The molecule has 0 fully saturated rings. The molecule has 0 aliphatic rings. The third-order valence-corrected chi connectivity index (χ3v) is 3.97. The van der Waals surface area contributed by atoms with E-state index in [-0.39, 0.29) is 17.6 Å². The van der Waals surface area contributed by atoms with E-state index >= 15 is 0 Å². The Balaban J connectivity index is 2.96. The fourth-order valence-electron chi connectivity index (χ4n) is 1.83. The highest BCUT2D eigenvalue weighted by Gasteiger charge is 2.31. The number of ether oxygens (including phenoxy) is 1. The van der Waals surface area contributed by atoms with Crippen molar-refractivity contribution in [2.45, 2.75) is 46.3 Å². The molecule has 0 saturated heterocycles. The minimum absolute atomic E-state index is 0.00192. The average Bonchev–Trinajstić information content (AvgIpc) is 2.25. The molecule has 0 radical (unpaired) electrons. The number of hydrogen-bond acceptors (Lipinski definition) is 2. The van der Waals surface area contributed by atoms with Gasteiger partial charge in [0.05, 0.1) is 4.47 Å². The molecule has 1 rings (SSSR count). The molecule has 0 heterocycles. The van der Waals surface area contributed by atoms with E-state index in [1.165, 1.54) is 0 Å². The van der Waals surface area contributed by atoms with Crippen molar-refractivity contribution in [3.05, 3.63) is 27.1 Å². The number of hydrogen-bond donors (Lipinski definition) is 1.